The molecule has 4 rings (SSSR count). The van der Waals surface area contributed by atoms with E-state index in [4.69, 9.17) is 4.42 Å². The molecule has 0 aliphatic carbocycles. The monoisotopic (exact) mass is 436 g/mol. The molecule has 2 aromatic heterocycles. The fourth-order valence-electron chi connectivity index (χ4n) is 3.18. The summed E-state index contributed by atoms with van der Waals surface area (Å²) in [6.45, 7) is 0.261. The molecule has 1 aliphatic rings. The molecule has 152 valence electrons. The Balaban J connectivity index is 1.53. The number of aromatic nitrogens is 2. The van der Waals surface area contributed by atoms with Crippen molar-refractivity contribution in [3.05, 3.63) is 47.6 Å². The van der Waals surface area contributed by atoms with E-state index in [1.54, 1.807) is 17.5 Å². The number of anilines is 1. The highest BCUT2D eigenvalue weighted by atomic mass is 32.2. The lowest BCUT2D eigenvalue weighted by atomic mass is 10.0. The lowest BCUT2D eigenvalue weighted by Crippen LogP contribution is -2.49. The maximum Gasteiger partial charge on any atom is 0.322 e. The van der Waals surface area contributed by atoms with Gasteiger partial charge in [0.25, 0.3) is 10.0 Å². The molecule has 1 N–H and O–H groups in total. The maximum absolute atomic E-state index is 13.4. The lowest BCUT2D eigenvalue weighted by Gasteiger charge is -2.32. The van der Waals surface area contributed by atoms with Crippen LogP contribution in [0.3, 0.4) is 0 Å². The van der Waals surface area contributed by atoms with E-state index in [9.17, 15) is 17.6 Å². The summed E-state index contributed by atoms with van der Waals surface area (Å²) >= 11 is 1.11. The van der Waals surface area contributed by atoms with E-state index in [-0.39, 0.29) is 22.7 Å². The average Bonchev–Trinajstić information content (AvgIpc) is 3.40. The molecule has 29 heavy (non-hydrogen) atoms. The molecular formula is C18H17FN4O4S2. The third-order valence-electron chi connectivity index (χ3n) is 4.54. The van der Waals surface area contributed by atoms with Gasteiger partial charge in [0, 0.05) is 12.1 Å². The predicted octanol–water partition coefficient (Wildman–Crippen LogP) is 3.12. The highest BCUT2D eigenvalue weighted by molar-refractivity contribution is 7.91. The highest BCUT2D eigenvalue weighted by Gasteiger charge is 2.38. The average molecular weight is 436 g/mol. The second kappa shape index (κ2) is 8.01. The first-order chi connectivity index (χ1) is 13.9. The molecule has 3 heterocycles. The Hall–Kier alpha value is -2.63. The van der Waals surface area contributed by atoms with Gasteiger partial charge in [0.1, 0.15) is 16.1 Å². The summed E-state index contributed by atoms with van der Waals surface area (Å²) in [6, 6.07) is 7.74. The van der Waals surface area contributed by atoms with Gasteiger partial charge >= 0.3 is 6.01 Å². The fourth-order valence-corrected chi connectivity index (χ4v) is 5.96. The number of carbonyl (C=O) groups is 1. The molecule has 1 saturated heterocycles. The Morgan fingerprint density at radius 1 is 1.24 bits per heavy atom. The van der Waals surface area contributed by atoms with E-state index in [0.717, 1.165) is 17.8 Å². The van der Waals surface area contributed by atoms with E-state index in [2.05, 4.69) is 15.5 Å². The van der Waals surface area contributed by atoms with Crippen molar-refractivity contribution in [3.63, 3.8) is 0 Å². The number of amides is 1. The van der Waals surface area contributed by atoms with Crippen LogP contribution in [-0.2, 0) is 14.8 Å². The zero-order valence-electron chi connectivity index (χ0n) is 15.1. The van der Waals surface area contributed by atoms with Crippen LogP contribution in [0.25, 0.3) is 11.5 Å². The van der Waals surface area contributed by atoms with Gasteiger partial charge in [-0.1, -0.05) is 23.7 Å². The molecule has 1 atom stereocenters. The van der Waals surface area contributed by atoms with E-state index >= 15 is 0 Å². The van der Waals surface area contributed by atoms with Crippen molar-refractivity contribution in [1.29, 1.82) is 0 Å². The molecule has 0 saturated carbocycles. The lowest BCUT2D eigenvalue weighted by molar-refractivity contribution is -0.120. The summed E-state index contributed by atoms with van der Waals surface area (Å²) in [5.74, 6) is -0.950. The number of hydrogen-bond acceptors (Lipinski definition) is 7. The van der Waals surface area contributed by atoms with Gasteiger partial charge < -0.3 is 4.42 Å². The molecule has 1 aliphatic heterocycles. The summed E-state index contributed by atoms with van der Waals surface area (Å²) in [4.78, 5) is 12.8. The Morgan fingerprint density at radius 2 is 2.10 bits per heavy atom. The Bertz CT molecular complexity index is 1110. The zero-order chi connectivity index (χ0) is 20.4. The van der Waals surface area contributed by atoms with Crippen molar-refractivity contribution in [2.24, 2.45) is 0 Å². The van der Waals surface area contributed by atoms with Gasteiger partial charge in [0.15, 0.2) is 0 Å². The predicted molar refractivity (Wildman–Crippen MR) is 104 cm³/mol. The van der Waals surface area contributed by atoms with Crippen molar-refractivity contribution in [1.82, 2.24) is 14.5 Å². The van der Waals surface area contributed by atoms with Gasteiger partial charge in [-0.25, -0.2) is 12.8 Å². The van der Waals surface area contributed by atoms with Crippen molar-refractivity contribution >= 4 is 33.3 Å². The van der Waals surface area contributed by atoms with E-state index < -0.39 is 27.8 Å². The van der Waals surface area contributed by atoms with Crippen LogP contribution >= 0.6 is 11.3 Å². The third kappa shape index (κ3) is 4.07. The van der Waals surface area contributed by atoms with Gasteiger partial charge in [0.05, 0.1) is 0 Å². The van der Waals surface area contributed by atoms with Crippen LogP contribution < -0.4 is 5.32 Å². The molecule has 0 bridgehead atoms. The molecule has 8 nitrogen and oxygen atoms in total. The molecular weight excluding hydrogens is 419 g/mol. The van der Waals surface area contributed by atoms with E-state index in [0.29, 0.717) is 18.4 Å². The van der Waals surface area contributed by atoms with Crippen molar-refractivity contribution in [2.75, 3.05) is 11.9 Å². The van der Waals surface area contributed by atoms with Gasteiger partial charge in [-0.2, -0.15) is 4.31 Å². The van der Waals surface area contributed by atoms with E-state index in [1.165, 1.54) is 28.6 Å². The number of rotatable bonds is 5. The normalized spacial score (nSPS) is 17.9. The van der Waals surface area contributed by atoms with Crippen LogP contribution in [0.2, 0.25) is 0 Å². The fraction of sp³-hybridized carbons (Fsp3) is 0.278. The summed E-state index contributed by atoms with van der Waals surface area (Å²) < 4.78 is 46.0. The Morgan fingerprint density at radius 3 is 2.86 bits per heavy atom. The zero-order valence-corrected chi connectivity index (χ0v) is 16.7. The Labute approximate surface area is 170 Å². The summed E-state index contributed by atoms with van der Waals surface area (Å²) in [7, 11) is -3.77. The van der Waals surface area contributed by atoms with Gasteiger partial charge in [-0.15, -0.1) is 16.4 Å². The number of nitrogens with one attached hydrogen (secondary N) is 1. The smallest absolute Gasteiger partial charge is 0.322 e. The minimum atomic E-state index is -3.77. The van der Waals surface area contributed by atoms with Crippen LogP contribution in [0.15, 0.2) is 50.4 Å². The molecule has 11 heteroatoms. The van der Waals surface area contributed by atoms with Crippen LogP contribution in [0, 0.1) is 5.82 Å². The number of halogens is 1. The molecule has 1 fully saturated rings. The first-order valence-electron chi connectivity index (χ1n) is 8.91. The third-order valence-corrected chi connectivity index (χ3v) is 7.82. The topological polar surface area (TPSA) is 105 Å². The first-order valence-corrected chi connectivity index (χ1v) is 11.2. The number of benzene rings is 1. The van der Waals surface area contributed by atoms with Gasteiger partial charge in [-0.3, -0.25) is 10.1 Å². The number of nitrogens with zero attached hydrogens (tertiary/aromatic N) is 3. The summed E-state index contributed by atoms with van der Waals surface area (Å²) in [6.07, 6.45) is 1.80. The number of carbonyl (C=O) groups excluding carboxylic acids is 1. The summed E-state index contributed by atoms with van der Waals surface area (Å²) in [5.41, 5.74) is 0.373. The molecule has 1 unspecified atom stereocenters. The van der Waals surface area contributed by atoms with Gasteiger partial charge in [-0.05, 0) is 42.5 Å². The SMILES string of the molecule is O=C(Nc1nnc(-c2cccc(F)c2)o1)C1CCCCN1S(=O)(=O)c1cccs1. The number of hydrogen-bond donors (Lipinski definition) is 1. The minimum absolute atomic E-state index is 0.0477. The van der Waals surface area contributed by atoms with E-state index in [1.807, 2.05) is 0 Å². The summed E-state index contributed by atoms with van der Waals surface area (Å²) in [5, 5.41) is 11.7. The quantitative estimate of drug-likeness (QED) is 0.659. The van der Waals surface area contributed by atoms with Crippen molar-refractivity contribution in [2.45, 2.75) is 29.5 Å². The second-order valence-electron chi connectivity index (χ2n) is 6.47. The van der Waals surface area contributed by atoms with Crippen LogP contribution in [0.4, 0.5) is 10.4 Å². The van der Waals surface area contributed by atoms with Crippen LogP contribution in [0.1, 0.15) is 19.3 Å². The molecule has 3 aromatic rings. The maximum atomic E-state index is 13.4. The first kappa shape index (κ1) is 19.7. The molecule has 0 radical (unpaired) electrons. The Kier molecular flexibility index (Phi) is 5.43. The van der Waals surface area contributed by atoms with Crippen molar-refractivity contribution < 1.29 is 22.0 Å². The standard InChI is InChI=1S/C18H17FN4O4S2/c19-13-6-3-5-12(11-13)17-21-22-18(27-17)20-16(24)14-7-1-2-9-23(14)29(25,26)15-8-4-10-28-15/h3-6,8,10-11,14H,1-2,7,9H2,(H,20,22,24). The van der Waals surface area contributed by atoms with Crippen LogP contribution in [-0.4, -0.2) is 41.4 Å². The largest absolute Gasteiger partial charge is 0.403 e. The number of sulfonamides is 1. The van der Waals surface area contributed by atoms with Crippen LogP contribution in [0.5, 0.6) is 0 Å². The number of thiophene rings is 1. The number of piperidine rings is 1. The van der Waals surface area contributed by atoms with Crippen molar-refractivity contribution in [3.8, 4) is 11.5 Å². The minimum Gasteiger partial charge on any atom is -0.403 e. The van der Waals surface area contributed by atoms with Gasteiger partial charge in [0.2, 0.25) is 11.8 Å². The highest BCUT2D eigenvalue weighted by Crippen LogP contribution is 2.29. The molecule has 1 aromatic carbocycles. The molecule has 1 amide bonds. The molecule has 0 spiro atoms. The second-order valence-corrected chi connectivity index (χ2v) is 9.54.